The molecule has 2 N–H and O–H groups in total. The SMILES string of the molecule is Cc1cccnc1-c1noc(CC2CCCCC2N)n1. The Morgan fingerprint density at radius 2 is 2.20 bits per heavy atom. The van der Waals surface area contributed by atoms with Crippen molar-refractivity contribution in [1.29, 1.82) is 0 Å². The van der Waals surface area contributed by atoms with E-state index in [0.717, 1.165) is 30.5 Å². The van der Waals surface area contributed by atoms with Crippen LogP contribution in [-0.4, -0.2) is 21.2 Å². The van der Waals surface area contributed by atoms with E-state index in [1.807, 2.05) is 19.1 Å². The number of hydrogen-bond donors (Lipinski definition) is 1. The van der Waals surface area contributed by atoms with E-state index in [9.17, 15) is 0 Å². The molecule has 0 spiro atoms. The van der Waals surface area contributed by atoms with Gasteiger partial charge in [0, 0.05) is 18.7 Å². The van der Waals surface area contributed by atoms with E-state index in [1.165, 1.54) is 12.8 Å². The highest BCUT2D eigenvalue weighted by molar-refractivity contribution is 5.53. The van der Waals surface area contributed by atoms with Gasteiger partial charge >= 0.3 is 0 Å². The van der Waals surface area contributed by atoms with Gasteiger partial charge in [-0.1, -0.05) is 24.1 Å². The van der Waals surface area contributed by atoms with Gasteiger partial charge in [0.05, 0.1) is 0 Å². The fraction of sp³-hybridized carbons (Fsp3) is 0.533. The van der Waals surface area contributed by atoms with Gasteiger partial charge in [-0.05, 0) is 37.3 Å². The highest BCUT2D eigenvalue weighted by Gasteiger charge is 2.24. The standard InChI is InChI=1S/C15H20N4O/c1-10-5-4-8-17-14(10)15-18-13(20-19-15)9-11-6-2-3-7-12(11)16/h4-5,8,11-12H,2-3,6-7,9,16H2,1H3. The van der Waals surface area contributed by atoms with Crippen LogP contribution in [0.3, 0.4) is 0 Å². The molecule has 3 rings (SSSR count). The van der Waals surface area contributed by atoms with Crippen molar-refractivity contribution < 1.29 is 4.52 Å². The van der Waals surface area contributed by atoms with Crippen molar-refractivity contribution in [3.05, 3.63) is 29.8 Å². The van der Waals surface area contributed by atoms with Crippen LogP contribution in [0, 0.1) is 12.8 Å². The number of rotatable bonds is 3. The lowest BCUT2D eigenvalue weighted by molar-refractivity contribution is 0.273. The van der Waals surface area contributed by atoms with Gasteiger partial charge in [0.25, 0.3) is 0 Å². The molecule has 0 radical (unpaired) electrons. The first-order chi connectivity index (χ1) is 9.74. The number of nitrogens with two attached hydrogens (primary N) is 1. The molecule has 106 valence electrons. The van der Waals surface area contributed by atoms with Crippen molar-refractivity contribution in [2.24, 2.45) is 11.7 Å². The predicted molar refractivity (Wildman–Crippen MR) is 75.9 cm³/mol. The number of nitrogens with zero attached hydrogens (tertiary/aromatic N) is 3. The molecule has 0 amide bonds. The van der Waals surface area contributed by atoms with E-state index in [4.69, 9.17) is 10.3 Å². The Labute approximate surface area is 118 Å². The summed E-state index contributed by atoms with van der Waals surface area (Å²) >= 11 is 0. The topological polar surface area (TPSA) is 77.8 Å². The van der Waals surface area contributed by atoms with Gasteiger partial charge in [-0.2, -0.15) is 4.98 Å². The van der Waals surface area contributed by atoms with Crippen LogP contribution in [0.2, 0.25) is 0 Å². The van der Waals surface area contributed by atoms with Gasteiger partial charge in [-0.25, -0.2) is 0 Å². The Hall–Kier alpha value is -1.75. The van der Waals surface area contributed by atoms with E-state index in [0.29, 0.717) is 17.6 Å². The Balaban J connectivity index is 1.75. The number of pyridine rings is 1. The van der Waals surface area contributed by atoms with Crippen molar-refractivity contribution in [2.45, 2.75) is 45.1 Å². The largest absolute Gasteiger partial charge is 0.339 e. The maximum atomic E-state index is 6.17. The average molecular weight is 272 g/mol. The highest BCUT2D eigenvalue weighted by atomic mass is 16.5. The van der Waals surface area contributed by atoms with Crippen LogP contribution in [0.5, 0.6) is 0 Å². The van der Waals surface area contributed by atoms with Crippen LogP contribution in [0.15, 0.2) is 22.9 Å². The van der Waals surface area contributed by atoms with Crippen LogP contribution < -0.4 is 5.73 Å². The lowest BCUT2D eigenvalue weighted by atomic mass is 9.83. The zero-order valence-corrected chi connectivity index (χ0v) is 11.7. The van der Waals surface area contributed by atoms with Crippen LogP contribution >= 0.6 is 0 Å². The number of hydrogen-bond acceptors (Lipinski definition) is 5. The molecule has 2 atom stereocenters. The monoisotopic (exact) mass is 272 g/mol. The normalized spacial score (nSPS) is 22.9. The Morgan fingerprint density at radius 1 is 1.35 bits per heavy atom. The molecule has 0 aromatic carbocycles. The second-order valence-electron chi connectivity index (χ2n) is 5.59. The van der Waals surface area contributed by atoms with Crippen molar-refractivity contribution in [3.8, 4) is 11.5 Å². The van der Waals surface area contributed by atoms with E-state index >= 15 is 0 Å². The molecule has 1 aliphatic carbocycles. The third-order valence-corrected chi connectivity index (χ3v) is 4.09. The second kappa shape index (κ2) is 5.71. The van der Waals surface area contributed by atoms with E-state index in [1.54, 1.807) is 6.20 Å². The predicted octanol–water partition coefficient (Wildman–Crippen LogP) is 2.50. The second-order valence-corrected chi connectivity index (χ2v) is 5.59. The summed E-state index contributed by atoms with van der Waals surface area (Å²) in [6.07, 6.45) is 7.26. The van der Waals surface area contributed by atoms with Crippen molar-refractivity contribution >= 4 is 0 Å². The van der Waals surface area contributed by atoms with Gasteiger partial charge in [0.2, 0.25) is 11.7 Å². The van der Waals surface area contributed by atoms with Crippen LogP contribution in [0.25, 0.3) is 11.5 Å². The smallest absolute Gasteiger partial charge is 0.227 e. The minimum absolute atomic E-state index is 0.260. The molecule has 1 aliphatic rings. The molecular formula is C15H20N4O. The zero-order chi connectivity index (χ0) is 13.9. The van der Waals surface area contributed by atoms with E-state index < -0.39 is 0 Å². The maximum absolute atomic E-state index is 6.17. The van der Waals surface area contributed by atoms with Crippen molar-refractivity contribution in [3.63, 3.8) is 0 Å². The first-order valence-corrected chi connectivity index (χ1v) is 7.24. The average Bonchev–Trinajstić information content (AvgIpc) is 2.90. The number of aryl methyl sites for hydroxylation is 1. The third-order valence-electron chi connectivity index (χ3n) is 4.09. The maximum Gasteiger partial charge on any atom is 0.227 e. The molecule has 1 saturated carbocycles. The van der Waals surface area contributed by atoms with Gasteiger partial charge in [0.15, 0.2) is 0 Å². The molecule has 2 aromatic heterocycles. The van der Waals surface area contributed by atoms with Crippen LogP contribution in [0.1, 0.15) is 37.1 Å². The van der Waals surface area contributed by atoms with E-state index in [2.05, 4.69) is 15.1 Å². The van der Waals surface area contributed by atoms with Gasteiger partial charge < -0.3 is 10.3 Å². The lowest BCUT2D eigenvalue weighted by Crippen LogP contribution is -2.34. The fourth-order valence-corrected chi connectivity index (χ4v) is 2.87. The first kappa shape index (κ1) is 13.2. The Morgan fingerprint density at radius 3 is 3.00 bits per heavy atom. The molecule has 2 unspecified atom stereocenters. The molecule has 5 nitrogen and oxygen atoms in total. The summed E-state index contributed by atoms with van der Waals surface area (Å²) in [5.41, 5.74) is 8.00. The molecule has 2 heterocycles. The third kappa shape index (κ3) is 2.72. The van der Waals surface area contributed by atoms with Crippen LogP contribution in [0.4, 0.5) is 0 Å². The van der Waals surface area contributed by atoms with Crippen LogP contribution in [-0.2, 0) is 6.42 Å². The summed E-state index contributed by atoms with van der Waals surface area (Å²) in [5, 5.41) is 4.05. The summed E-state index contributed by atoms with van der Waals surface area (Å²) < 4.78 is 5.37. The first-order valence-electron chi connectivity index (χ1n) is 7.24. The van der Waals surface area contributed by atoms with Crippen molar-refractivity contribution in [2.75, 3.05) is 0 Å². The van der Waals surface area contributed by atoms with Gasteiger partial charge in [-0.3, -0.25) is 4.98 Å². The number of aromatic nitrogens is 3. The highest BCUT2D eigenvalue weighted by Crippen LogP contribution is 2.26. The van der Waals surface area contributed by atoms with E-state index in [-0.39, 0.29) is 6.04 Å². The lowest BCUT2D eigenvalue weighted by Gasteiger charge is -2.27. The molecule has 2 aromatic rings. The molecule has 0 bridgehead atoms. The molecule has 0 aliphatic heterocycles. The fourth-order valence-electron chi connectivity index (χ4n) is 2.87. The molecular weight excluding hydrogens is 252 g/mol. The summed E-state index contributed by atoms with van der Waals surface area (Å²) in [5.74, 6) is 1.71. The summed E-state index contributed by atoms with van der Waals surface area (Å²) in [6, 6.07) is 4.16. The van der Waals surface area contributed by atoms with Gasteiger partial charge in [-0.15, -0.1) is 0 Å². The minimum Gasteiger partial charge on any atom is -0.339 e. The molecule has 1 fully saturated rings. The Bertz CT molecular complexity index is 581. The van der Waals surface area contributed by atoms with Gasteiger partial charge in [0.1, 0.15) is 5.69 Å². The zero-order valence-electron chi connectivity index (χ0n) is 11.7. The molecule has 5 heteroatoms. The summed E-state index contributed by atoms with van der Waals surface area (Å²) in [4.78, 5) is 8.79. The summed E-state index contributed by atoms with van der Waals surface area (Å²) in [6.45, 7) is 2.00. The summed E-state index contributed by atoms with van der Waals surface area (Å²) in [7, 11) is 0. The molecule has 20 heavy (non-hydrogen) atoms. The minimum atomic E-state index is 0.260. The quantitative estimate of drug-likeness (QED) is 0.928. The Kier molecular flexibility index (Phi) is 3.78. The molecule has 0 saturated heterocycles. The van der Waals surface area contributed by atoms with Crippen molar-refractivity contribution in [1.82, 2.24) is 15.1 Å².